The van der Waals surface area contributed by atoms with Gasteiger partial charge in [-0.2, -0.15) is 8.42 Å². The molecule has 3 aliphatic rings. The zero-order chi connectivity index (χ0) is 48.2. The van der Waals surface area contributed by atoms with Gasteiger partial charge in [-0.1, -0.05) is 42.5 Å². The Labute approximate surface area is 400 Å². The monoisotopic (exact) mass is 984 g/mol. The molecule has 2 atom stereocenters. The first-order chi connectivity index (χ1) is 32.7. The highest BCUT2D eigenvalue weighted by Gasteiger charge is 2.35. The molecule has 2 unspecified atom stereocenters. The van der Waals surface area contributed by atoms with Crippen LogP contribution in [0.4, 0.5) is 21.0 Å². The number of hydrogen-bond donors (Lipinski definition) is 4. The number of nitrogens with one attached hydrogen (secondary N) is 4. The van der Waals surface area contributed by atoms with Crippen LogP contribution < -0.4 is 20.4 Å². The Hall–Kier alpha value is -6.82. The molecule has 3 saturated heterocycles. The van der Waals surface area contributed by atoms with Gasteiger partial charge in [0.05, 0.1) is 35.6 Å². The molecule has 5 aromatic rings. The molecule has 0 spiro atoms. The molecule has 0 radical (unpaired) electrons. The molecular formula is C46H48N8O11S3. The normalized spacial score (nSPS) is 17.4. The fourth-order valence-electron chi connectivity index (χ4n) is 7.16. The Kier molecular flexibility index (Phi) is 16.4. The minimum absolute atomic E-state index is 0.00424. The van der Waals surface area contributed by atoms with Crippen LogP contribution in [0.3, 0.4) is 0 Å². The molecule has 3 aromatic carbocycles. The summed E-state index contributed by atoms with van der Waals surface area (Å²) in [6.07, 6.45) is -1.07. The largest absolute Gasteiger partial charge is 0.460 e. The number of benzene rings is 3. The molecule has 68 heavy (non-hydrogen) atoms. The number of thiophene rings is 2. The summed E-state index contributed by atoms with van der Waals surface area (Å²) >= 11 is 2.59. The van der Waals surface area contributed by atoms with Crippen molar-refractivity contribution in [3.05, 3.63) is 140 Å². The number of anilines is 2. The predicted octanol–water partition coefficient (Wildman–Crippen LogP) is 4.99. The average molecular weight is 985 g/mol. The molecule has 0 saturated carbocycles. The van der Waals surface area contributed by atoms with Crippen molar-refractivity contribution in [3.8, 4) is 0 Å². The average Bonchev–Trinajstić information content (AvgIpc) is 4.18. The lowest BCUT2D eigenvalue weighted by molar-refractivity contribution is -0.146. The lowest BCUT2D eigenvalue weighted by Crippen LogP contribution is -2.50. The van der Waals surface area contributed by atoms with Gasteiger partial charge in [0.1, 0.15) is 37.1 Å². The Morgan fingerprint density at radius 2 is 1.16 bits per heavy atom. The zero-order valence-electron chi connectivity index (χ0n) is 36.7. The molecule has 2 aromatic heterocycles. The van der Waals surface area contributed by atoms with Crippen LogP contribution >= 0.6 is 22.7 Å². The Morgan fingerprint density at radius 3 is 1.65 bits per heavy atom. The van der Waals surface area contributed by atoms with Gasteiger partial charge in [-0.25, -0.2) is 9.59 Å². The lowest BCUT2D eigenvalue weighted by atomic mass is 10.1. The summed E-state index contributed by atoms with van der Waals surface area (Å²) in [6.45, 7) is 4.49. The summed E-state index contributed by atoms with van der Waals surface area (Å²) in [6, 6.07) is 29.9. The quantitative estimate of drug-likeness (QED) is 0.0356. The van der Waals surface area contributed by atoms with Crippen molar-refractivity contribution in [2.75, 3.05) is 75.0 Å². The molecule has 356 valence electrons. The second-order valence-corrected chi connectivity index (χ2v) is 19.2. The summed E-state index contributed by atoms with van der Waals surface area (Å²) in [5.74, 6) is -0.979. The maximum atomic E-state index is 12.6. The molecule has 22 heteroatoms. The van der Waals surface area contributed by atoms with Gasteiger partial charge in [0.25, 0.3) is 21.9 Å². The van der Waals surface area contributed by atoms with Crippen molar-refractivity contribution in [3.63, 3.8) is 0 Å². The van der Waals surface area contributed by atoms with Crippen molar-refractivity contribution in [1.29, 1.82) is 10.8 Å². The third kappa shape index (κ3) is 13.9. The molecule has 5 heterocycles. The second-order valence-electron chi connectivity index (χ2n) is 15.7. The van der Waals surface area contributed by atoms with Crippen LogP contribution in [0.1, 0.15) is 36.0 Å². The topological polar surface area (TPSA) is 241 Å². The van der Waals surface area contributed by atoms with Gasteiger partial charge in [0.2, 0.25) is 0 Å². The Bertz CT molecular complexity index is 2680. The van der Waals surface area contributed by atoms with Crippen LogP contribution in [0.2, 0.25) is 0 Å². The van der Waals surface area contributed by atoms with E-state index in [1.54, 1.807) is 83.1 Å². The van der Waals surface area contributed by atoms with Crippen molar-refractivity contribution in [2.45, 2.75) is 18.8 Å². The number of carbonyl (C=O) groups excluding carboxylic acids is 5. The van der Waals surface area contributed by atoms with E-state index >= 15 is 0 Å². The second kappa shape index (κ2) is 22.8. The van der Waals surface area contributed by atoms with Crippen molar-refractivity contribution in [2.24, 2.45) is 0 Å². The number of nitrogens with zero attached hydrogens (tertiary/aromatic N) is 4. The Morgan fingerprint density at radius 1 is 0.676 bits per heavy atom. The van der Waals surface area contributed by atoms with Crippen molar-refractivity contribution >= 4 is 85.8 Å². The van der Waals surface area contributed by atoms with Crippen LogP contribution in [0, 0.1) is 10.8 Å². The van der Waals surface area contributed by atoms with Gasteiger partial charge in [-0.05, 0) is 77.0 Å². The summed E-state index contributed by atoms with van der Waals surface area (Å²) in [4.78, 5) is 69.3. The molecule has 8 rings (SSSR count). The molecule has 0 aliphatic carbocycles. The summed E-state index contributed by atoms with van der Waals surface area (Å²) < 4.78 is 42.9. The minimum atomic E-state index is -3.62. The van der Waals surface area contributed by atoms with E-state index < -0.39 is 28.4 Å². The number of amides is 4. The minimum Gasteiger partial charge on any atom is -0.460 e. The highest BCUT2D eigenvalue weighted by atomic mass is 32.2. The maximum Gasteiger partial charge on any atom is 0.414 e. The highest BCUT2D eigenvalue weighted by molar-refractivity contribution is 7.86. The van der Waals surface area contributed by atoms with Crippen LogP contribution in [0.15, 0.2) is 114 Å². The van der Waals surface area contributed by atoms with Gasteiger partial charge in [-0.15, -0.1) is 22.7 Å². The maximum absolute atomic E-state index is 12.6. The summed E-state index contributed by atoms with van der Waals surface area (Å²) in [7, 11) is -3.62. The number of rotatable bonds is 15. The SMILES string of the molecule is CS(=O)(=O)OCC1CN(c2ccc(C(=N)NC(=O)c3cccs3)cc2)C(=O)O1.N=C(NC(=O)c1cccs1)c1ccc(N2CC(CN3CCN(CC(=O)OCc4ccccc4)CC3)OC2=O)cc1. The number of ether oxygens (including phenoxy) is 3. The fourth-order valence-corrected chi connectivity index (χ4v) is 8.79. The van der Waals surface area contributed by atoms with Crippen LogP contribution in [-0.2, 0) is 39.9 Å². The van der Waals surface area contributed by atoms with Crippen LogP contribution in [0.5, 0.6) is 0 Å². The number of carbonyl (C=O) groups is 5. The molecule has 3 fully saturated rings. The van der Waals surface area contributed by atoms with E-state index in [1.165, 1.54) is 27.6 Å². The van der Waals surface area contributed by atoms with Gasteiger partial charge in [0.15, 0.2) is 0 Å². The molecule has 3 aliphatic heterocycles. The van der Waals surface area contributed by atoms with E-state index in [0.29, 0.717) is 45.3 Å². The summed E-state index contributed by atoms with van der Waals surface area (Å²) in [5, 5.41) is 24.9. The van der Waals surface area contributed by atoms with Gasteiger partial charge >= 0.3 is 18.2 Å². The number of amidine groups is 2. The zero-order valence-corrected chi connectivity index (χ0v) is 39.1. The first-order valence-corrected chi connectivity index (χ1v) is 24.8. The molecule has 4 N–H and O–H groups in total. The first kappa shape index (κ1) is 49.1. The highest BCUT2D eigenvalue weighted by Crippen LogP contribution is 2.25. The van der Waals surface area contributed by atoms with Gasteiger partial charge in [0, 0.05) is 55.2 Å². The van der Waals surface area contributed by atoms with E-state index in [0.717, 1.165) is 38.0 Å². The number of cyclic esters (lactones) is 2. The lowest BCUT2D eigenvalue weighted by Gasteiger charge is -2.34. The summed E-state index contributed by atoms with van der Waals surface area (Å²) in [5.41, 5.74) is 3.17. The van der Waals surface area contributed by atoms with Crippen molar-refractivity contribution < 1.29 is 50.8 Å². The van der Waals surface area contributed by atoms with E-state index in [9.17, 15) is 32.4 Å². The third-order valence-electron chi connectivity index (χ3n) is 10.6. The number of hydrogen-bond acceptors (Lipinski definition) is 17. The smallest absolute Gasteiger partial charge is 0.414 e. The molecule has 19 nitrogen and oxygen atoms in total. The molecular weight excluding hydrogens is 937 g/mol. The van der Waals surface area contributed by atoms with Gasteiger partial charge < -0.3 is 24.8 Å². The van der Waals surface area contributed by atoms with Crippen molar-refractivity contribution in [1.82, 2.24) is 20.4 Å². The van der Waals surface area contributed by atoms with E-state index in [-0.39, 0.29) is 61.9 Å². The van der Waals surface area contributed by atoms with Crippen LogP contribution in [0.25, 0.3) is 0 Å². The van der Waals surface area contributed by atoms with E-state index in [1.807, 2.05) is 35.7 Å². The predicted molar refractivity (Wildman–Crippen MR) is 255 cm³/mol. The first-order valence-electron chi connectivity index (χ1n) is 21.2. The van der Waals surface area contributed by atoms with Gasteiger partial charge in [-0.3, -0.25) is 49.0 Å². The van der Waals surface area contributed by atoms with E-state index in [4.69, 9.17) is 25.0 Å². The third-order valence-corrected chi connectivity index (χ3v) is 12.9. The standard InChI is InChI=1S/C29H31N5O5S.C17H17N3O6S2/c30-27(31-28(36)25-7-4-16-40-25)22-8-10-23(11-9-22)34-18-24(39-29(34)37)17-32-12-14-33(15-13-32)19-26(35)38-20-21-5-2-1-3-6-21;1-28(23,24)25-10-13-9-20(17(22)26-13)12-6-4-11(5-7-12)15(18)19-16(21)14-3-2-8-27-14/h1-11,16,24H,12-15,17-20H2,(H2,30,31,36);2-8,13H,9-10H2,1H3,(H2,18,19,21). The van der Waals surface area contributed by atoms with Crippen LogP contribution in [-0.4, -0.2) is 137 Å². The number of piperazine rings is 1. The molecule has 0 bridgehead atoms. The Balaban J connectivity index is 0.000000215. The van der Waals surface area contributed by atoms with E-state index in [2.05, 4.69) is 24.6 Å². The number of esters is 1. The molecule has 4 amide bonds. The fraction of sp³-hybridized carbons (Fsp3) is 0.283.